The summed E-state index contributed by atoms with van der Waals surface area (Å²) in [7, 11) is -2.30. The van der Waals surface area contributed by atoms with E-state index < -0.39 is 22.0 Å². The Morgan fingerprint density at radius 3 is 2.42 bits per heavy atom. The molecule has 26 heavy (non-hydrogen) atoms. The Hall–Kier alpha value is -1.96. The highest BCUT2D eigenvalue weighted by Crippen LogP contribution is 2.31. The molecule has 0 radical (unpaired) electrons. The molecule has 1 amide bonds. The first kappa shape index (κ1) is 20.4. The molecule has 0 aromatic heterocycles. The molecule has 0 bridgehead atoms. The summed E-state index contributed by atoms with van der Waals surface area (Å²) in [4.78, 5) is 12.6. The van der Waals surface area contributed by atoms with Gasteiger partial charge in [-0.1, -0.05) is 29.3 Å². The second kappa shape index (κ2) is 8.16. The standard InChI is InChI=1S/C17H18Cl2N2O4S/c1-11(17(22)20-13-6-4-5-12(18)9-13)21(26(3,23)24)14-7-8-16(25-2)15(19)10-14/h4-11H,1-3H3,(H,20,22)/t11-/m1/s1. The van der Waals surface area contributed by atoms with Crippen LogP contribution in [0.1, 0.15) is 6.92 Å². The zero-order valence-corrected chi connectivity index (χ0v) is 16.7. The molecule has 0 aliphatic heterocycles. The summed E-state index contributed by atoms with van der Waals surface area (Å²) >= 11 is 12.0. The quantitative estimate of drug-likeness (QED) is 0.776. The van der Waals surface area contributed by atoms with E-state index in [1.165, 1.54) is 32.2 Å². The van der Waals surface area contributed by atoms with Crippen molar-refractivity contribution in [1.29, 1.82) is 0 Å². The maximum atomic E-state index is 12.6. The van der Waals surface area contributed by atoms with E-state index >= 15 is 0 Å². The molecule has 0 spiro atoms. The number of hydrogen-bond donors (Lipinski definition) is 1. The van der Waals surface area contributed by atoms with Crippen LogP contribution in [0, 0.1) is 0 Å². The number of carbonyl (C=O) groups excluding carboxylic acids is 1. The average molecular weight is 417 g/mol. The summed E-state index contributed by atoms with van der Waals surface area (Å²) in [6, 6.07) is 10.1. The van der Waals surface area contributed by atoms with Crippen LogP contribution < -0.4 is 14.4 Å². The average Bonchev–Trinajstić information content (AvgIpc) is 2.53. The minimum atomic E-state index is -3.75. The zero-order valence-electron chi connectivity index (χ0n) is 14.4. The fourth-order valence-corrected chi connectivity index (χ4v) is 4.02. The van der Waals surface area contributed by atoms with Gasteiger partial charge in [0.15, 0.2) is 0 Å². The molecule has 2 aromatic rings. The molecule has 0 fully saturated rings. The molecule has 0 aliphatic carbocycles. The first-order valence-corrected chi connectivity index (χ1v) is 10.1. The van der Waals surface area contributed by atoms with Crippen LogP contribution in [0.15, 0.2) is 42.5 Å². The molecule has 2 aromatic carbocycles. The number of hydrogen-bond acceptors (Lipinski definition) is 4. The lowest BCUT2D eigenvalue weighted by Gasteiger charge is -2.28. The molecule has 1 N–H and O–H groups in total. The van der Waals surface area contributed by atoms with Crippen LogP contribution in [0.2, 0.25) is 10.0 Å². The number of halogens is 2. The lowest BCUT2D eigenvalue weighted by Crippen LogP contribution is -2.45. The number of benzene rings is 2. The van der Waals surface area contributed by atoms with Crippen molar-refractivity contribution in [2.45, 2.75) is 13.0 Å². The van der Waals surface area contributed by atoms with Gasteiger partial charge >= 0.3 is 0 Å². The highest BCUT2D eigenvalue weighted by Gasteiger charge is 2.29. The number of ether oxygens (including phenoxy) is 1. The number of rotatable bonds is 6. The molecule has 6 nitrogen and oxygen atoms in total. The van der Waals surface area contributed by atoms with Crippen LogP contribution in [-0.2, 0) is 14.8 Å². The van der Waals surface area contributed by atoms with Gasteiger partial charge in [0.25, 0.3) is 0 Å². The minimum Gasteiger partial charge on any atom is -0.495 e. The van der Waals surface area contributed by atoms with Gasteiger partial charge < -0.3 is 10.1 Å². The minimum absolute atomic E-state index is 0.237. The Bertz CT molecular complexity index is 919. The maximum Gasteiger partial charge on any atom is 0.247 e. The molecule has 9 heteroatoms. The summed E-state index contributed by atoms with van der Waals surface area (Å²) in [5.41, 5.74) is 0.725. The van der Waals surface area contributed by atoms with E-state index in [2.05, 4.69) is 5.32 Å². The van der Waals surface area contributed by atoms with Crippen LogP contribution in [0.25, 0.3) is 0 Å². The van der Waals surface area contributed by atoms with Gasteiger partial charge in [0.05, 0.1) is 24.1 Å². The lowest BCUT2D eigenvalue weighted by molar-refractivity contribution is -0.116. The molecule has 1 atom stereocenters. The topological polar surface area (TPSA) is 75.7 Å². The monoisotopic (exact) mass is 416 g/mol. The van der Waals surface area contributed by atoms with E-state index in [0.717, 1.165) is 10.6 Å². The van der Waals surface area contributed by atoms with Gasteiger partial charge in [-0.15, -0.1) is 0 Å². The van der Waals surface area contributed by atoms with E-state index in [9.17, 15) is 13.2 Å². The molecule has 0 heterocycles. The van der Waals surface area contributed by atoms with Crippen molar-refractivity contribution in [3.8, 4) is 5.75 Å². The third-order valence-corrected chi connectivity index (χ3v) is 5.34. The summed E-state index contributed by atoms with van der Waals surface area (Å²) in [6.07, 6.45) is 1.02. The van der Waals surface area contributed by atoms with Crippen LogP contribution in [0.4, 0.5) is 11.4 Å². The molecule has 0 aliphatic rings. The van der Waals surface area contributed by atoms with Crippen molar-refractivity contribution in [3.05, 3.63) is 52.5 Å². The van der Waals surface area contributed by atoms with Gasteiger partial charge in [-0.2, -0.15) is 0 Å². The van der Waals surface area contributed by atoms with Crippen LogP contribution in [0.5, 0.6) is 5.75 Å². The van der Waals surface area contributed by atoms with E-state index in [0.29, 0.717) is 16.5 Å². The van der Waals surface area contributed by atoms with Crippen molar-refractivity contribution in [2.75, 3.05) is 23.0 Å². The smallest absolute Gasteiger partial charge is 0.247 e. The normalized spacial score (nSPS) is 12.3. The SMILES string of the molecule is COc1ccc(N([C@H](C)C(=O)Nc2cccc(Cl)c2)S(C)(=O)=O)cc1Cl. The van der Waals surface area contributed by atoms with Gasteiger partial charge in [-0.25, -0.2) is 8.42 Å². The van der Waals surface area contributed by atoms with Crippen LogP contribution in [-0.4, -0.2) is 33.7 Å². The third-order valence-electron chi connectivity index (χ3n) is 3.57. The van der Waals surface area contributed by atoms with Crippen molar-refractivity contribution in [1.82, 2.24) is 0 Å². The van der Waals surface area contributed by atoms with Crippen molar-refractivity contribution < 1.29 is 17.9 Å². The summed E-state index contributed by atoms with van der Waals surface area (Å²) < 4.78 is 30.7. The fourth-order valence-electron chi connectivity index (χ4n) is 2.41. The van der Waals surface area contributed by atoms with Crippen molar-refractivity contribution in [2.24, 2.45) is 0 Å². The van der Waals surface area contributed by atoms with Gasteiger partial charge in [-0.05, 0) is 43.3 Å². The number of amides is 1. The maximum absolute atomic E-state index is 12.6. The van der Waals surface area contributed by atoms with Gasteiger partial charge in [0, 0.05) is 10.7 Å². The lowest BCUT2D eigenvalue weighted by atomic mass is 10.2. The van der Waals surface area contributed by atoms with Gasteiger partial charge in [0.1, 0.15) is 11.8 Å². The molecular weight excluding hydrogens is 399 g/mol. The number of sulfonamides is 1. The molecule has 0 saturated heterocycles. The number of carbonyl (C=O) groups is 1. The van der Waals surface area contributed by atoms with E-state index in [1.54, 1.807) is 24.3 Å². The fraction of sp³-hybridized carbons (Fsp3) is 0.235. The van der Waals surface area contributed by atoms with Gasteiger partial charge in [-0.3, -0.25) is 9.10 Å². The highest BCUT2D eigenvalue weighted by molar-refractivity contribution is 7.92. The molecule has 0 saturated carbocycles. The van der Waals surface area contributed by atoms with Crippen molar-refractivity contribution in [3.63, 3.8) is 0 Å². The Labute approximate surface area is 162 Å². The highest BCUT2D eigenvalue weighted by atomic mass is 35.5. The molecular formula is C17H18Cl2N2O4S. The summed E-state index contributed by atoms with van der Waals surface area (Å²) in [5.74, 6) is -0.107. The predicted molar refractivity (Wildman–Crippen MR) is 105 cm³/mol. The summed E-state index contributed by atoms with van der Waals surface area (Å²) in [5, 5.41) is 3.35. The van der Waals surface area contributed by atoms with Crippen LogP contribution in [0.3, 0.4) is 0 Å². The predicted octanol–water partition coefficient (Wildman–Crippen LogP) is 3.80. The Morgan fingerprint density at radius 2 is 1.88 bits per heavy atom. The largest absolute Gasteiger partial charge is 0.495 e. The Morgan fingerprint density at radius 1 is 1.19 bits per heavy atom. The third kappa shape index (κ3) is 4.81. The van der Waals surface area contributed by atoms with E-state index in [1.807, 2.05) is 0 Å². The molecule has 140 valence electrons. The van der Waals surface area contributed by atoms with Crippen molar-refractivity contribution >= 4 is 50.5 Å². The number of nitrogens with zero attached hydrogens (tertiary/aromatic N) is 1. The number of nitrogens with one attached hydrogen (secondary N) is 1. The first-order chi connectivity index (χ1) is 12.1. The number of anilines is 2. The van der Waals surface area contributed by atoms with E-state index in [4.69, 9.17) is 27.9 Å². The first-order valence-electron chi connectivity index (χ1n) is 7.53. The zero-order chi connectivity index (χ0) is 19.5. The second-order valence-corrected chi connectivity index (χ2v) is 8.26. The molecule has 2 rings (SSSR count). The Kier molecular flexibility index (Phi) is 6.39. The van der Waals surface area contributed by atoms with E-state index in [-0.39, 0.29) is 10.7 Å². The van der Waals surface area contributed by atoms with Crippen LogP contribution >= 0.6 is 23.2 Å². The summed E-state index contributed by atoms with van der Waals surface area (Å²) in [6.45, 7) is 1.49. The molecule has 0 unspecified atom stereocenters. The second-order valence-electron chi connectivity index (χ2n) is 5.55. The number of methoxy groups -OCH3 is 1. The van der Waals surface area contributed by atoms with Gasteiger partial charge in [0.2, 0.25) is 15.9 Å². The Balaban J connectivity index is 2.34.